The summed E-state index contributed by atoms with van der Waals surface area (Å²) < 4.78 is 13.8. The first-order chi connectivity index (χ1) is 14.0. The Labute approximate surface area is 200 Å². The van der Waals surface area contributed by atoms with Crippen molar-refractivity contribution in [2.45, 2.75) is 25.9 Å². The van der Waals surface area contributed by atoms with Gasteiger partial charge in [0.25, 0.3) is 0 Å². The lowest BCUT2D eigenvalue weighted by atomic mass is 9.96. The van der Waals surface area contributed by atoms with Crippen LogP contribution < -0.4 is 15.5 Å². The zero-order valence-corrected chi connectivity index (χ0v) is 21.0. The van der Waals surface area contributed by atoms with Crippen LogP contribution in [0.4, 0.5) is 9.52 Å². The SMILES string of the molecule is CN=C(NCc1csc(N(C)C)n1)NCC1CCN(Cc2ccccc2F)CC1.I. The Balaban J connectivity index is 0.00000320. The Morgan fingerprint density at radius 1 is 1.27 bits per heavy atom. The molecule has 0 radical (unpaired) electrons. The molecule has 0 spiro atoms. The van der Waals surface area contributed by atoms with E-state index in [-0.39, 0.29) is 29.8 Å². The summed E-state index contributed by atoms with van der Waals surface area (Å²) in [7, 11) is 5.79. The fourth-order valence-electron chi connectivity index (χ4n) is 3.43. The number of likely N-dealkylation sites (tertiary alicyclic amines) is 1. The number of aliphatic imine (C=N–C) groups is 1. The first-order valence-corrected chi connectivity index (χ1v) is 10.9. The van der Waals surface area contributed by atoms with Crippen LogP contribution >= 0.6 is 35.3 Å². The zero-order chi connectivity index (χ0) is 20.6. The van der Waals surface area contributed by atoms with E-state index in [4.69, 9.17) is 0 Å². The van der Waals surface area contributed by atoms with Crippen LogP contribution in [0.2, 0.25) is 0 Å². The van der Waals surface area contributed by atoms with Gasteiger partial charge in [0.15, 0.2) is 11.1 Å². The summed E-state index contributed by atoms with van der Waals surface area (Å²) in [6, 6.07) is 7.06. The molecule has 0 atom stereocenters. The van der Waals surface area contributed by atoms with Crippen molar-refractivity contribution < 1.29 is 4.39 Å². The van der Waals surface area contributed by atoms with Crippen LogP contribution in [0, 0.1) is 11.7 Å². The average Bonchev–Trinajstić information content (AvgIpc) is 3.20. The van der Waals surface area contributed by atoms with Crippen molar-refractivity contribution in [3.63, 3.8) is 0 Å². The number of anilines is 1. The first kappa shape index (κ1) is 24.8. The second-order valence-corrected chi connectivity index (χ2v) is 8.47. The summed E-state index contributed by atoms with van der Waals surface area (Å²) >= 11 is 1.64. The third kappa shape index (κ3) is 7.35. The van der Waals surface area contributed by atoms with Gasteiger partial charge in [-0.25, -0.2) is 9.37 Å². The van der Waals surface area contributed by atoms with E-state index >= 15 is 0 Å². The third-order valence-electron chi connectivity index (χ3n) is 5.20. The van der Waals surface area contributed by atoms with Gasteiger partial charge >= 0.3 is 0 Å². The molecule has 0 aliphatic carbocycles. The van der Waals surface area contributed by atoms with Crippen LogP contribution in [0.25, 0.3) is 0 Å². The fourth-order valence-corrected chi connectivity index (χ4v) is 4.19. The lowest BCUT2D eigenvalue weighted by Gasteiger charge is -2.32. The highest BCUT2D eigenvalue weighted by Gasteiger charge is 2.20. The molecule has 2 aromatic rings. The number of hydrogen-bond donors (Lipinski definition) is 2. The second-order valence-electron chi connectivity index (χ2n) is 7.63. The molecule has 6 nitrogen and oxygen atoms in total. The quantitative estimate of drug-likeness (QED) is 0.316. The number of hydrogen-bond acceptors (Lipinski definition) is 5. The summed E-state index contributed by atoms with van der Waals surface area (Å²) in [5.74, 6) is 1.30. The largest absolute Gasteiger partial charge is 0.356 e. The molecular weight excluding hydrogens is 514 g/mol. The van der Waals surface area contributed by atoms with Gasteiger partial charge in [-0.15, -0.1) is 35.3 Å². The summed E-state index contributed by atoms with van der Waals surface area (Å²) in [6.45, 7) is 4.24. The number of rotatable bonds is 7. The Hall–Kier alpha value is -1.46. The summed E-state index contributed by atoms with van der Waals surface area (Å²) in [5, 5.41) is 9.85. The number of halogens is 2. The Kier molecular flexibility index (Phi) is 10.3. The van der Waals surface area contributed by atoms with Gasteiger partial charge in [-0.05, 0) is 37.9 Å². The van der Waals surface area contributed by atoms with E-state index in [0.29, 0.717) is 19.0 Å². The van der Waals surface area contributed by atoms with Crippen LogP contribution in [-0.4, -0.2) is 56.6 Å². The molecule has 0 saturated carbocycles. The van der Waals surface area contributed by atoms with Crippen molar-refractivity contribution in [3.05, 3.63) is 46.7 Å². The van der Waals surface area contributed by atoms with E-state index in [1.807, 2.05) is 31.1 Å². The standard InChI is InChI=1S/C21H31FN6S.HI/c1-23-20(25-13-18-15-29-21(26-18)27(2)3)24-12-16-8-10-28(11-9-16)14-17-6-4-5-7-19(17)22;/h4-7,15-16H,8-14H2,1-3H3,(H2,23,24,25);1H. The highest BCUT2D eigenvalue weighted by Crippen LogP contribution is 2.20. The predicted molar refractivity (Wildman–Crippen MR) is 134 cm³/mol. The lowest BCUT2D eigenvalue weighted by molar-refractivity contribution is 0.176. The van der Waals surface area contributed by atoms with Crippen molar-refractivity contribution in [2.75, 3.05) is 45.7 Å². The summed E-state index contributed by atoms with van der Waals surface area (Å²) in [5.41, 5.74) is 1.80. The molecule has 1 aromatic heterocycles. The molecule has 3 rings (SSSR count). The lowest BCUT2D eigenvalue weighted by Crippen LogP contribution is -2.42. The maximum Gasteiger partial charge on any atom is 0.191 e. The molecule has 1 aromatic carbocycles. The maximum atomic E-state index is 13.8. The Bertz CT molecular complexity index is 804. The molecule has 2 N–H and O–H groups in total. The molecular formula is C21H32FIN6S. The molecule has 0 bridgehead atoms. The normalized spacial score (nSPS) is 15.5. The van der Waals surface area contributed by atoms with Gasteiger partial charge in [0.05, 0.1) is 12.2 Å². The molecule has 166 valence electrons. The van der Waals surface area contributed by atoms with Crippen molar-refractivity contribution >= 4 is 46.4 Å². The van der Waals surface area contributed by atoms with Gasteiger partial charge in [0, 0.05) is 45.2 Å². The number of aromatic nitrogens is 1. The second kappa shape index (κ2) is 12.4. The van der Waals surface area contributed by atoms with Gasteiger partial charge in [-0.3, -0.25) is 9.89 Å². The topological polar surface area (TPSA) is 55.8 Å². The van der Waals surface area contributed by atoms with E-state index in [0.717, 1.165) is 54.8 Å². The molecule has 0 amide bonds. The minimum absolute atomic E-state index is 0. The van der Waals surface area contributed by atoms with Gasteiger partial charge in [0.2, 0.25) is 0 Å². The highest BCUT2D eigenvalue weighted by atomic mass is 127. The van der Waals surface area contributed by atoms with Gasteiger partial charge in [-0.2, -0.15) is 0 Å². The minimum Gasteiger partial charge on any atom is -0.356 e. The number of nitrogens with one attached hydrogen (secondary N) is 2. The Morgan fingerprint density at radius 3 is 2.63 bits per heavy atom. The van der Waals surface area contributed by atoms with Gasteiger partial charge < -0.3 is 15.5 Å². The van der Waals surface area contributed by atoms with E-state index in [1.54, 1.807) is 24.5 Å². The van der Waals surface area contributed by atoms with Crippen molar-refractivity contribution in [3.8, 4) is 0 Å². The summed E-state index contributed by atoms with van der Waals surface area (Å²) in [6.07, 6.45) is 2.22. The molecule has 1 fully saturated rings. The van der Waals surface area contributed by atoms with Crippen LogP contribution in [0.15, 0.2) is 34.6 Å². The molecule has 1 aliphatic heterocycles. The smallest absolute Gasteiger partial charge is 0.191 e. The molecule has 0 unspecified atom stereocenters. The number of benzene rings is 1. The van der Waals surface area contributed by atoms with Crippen LogP contribution in [0.3, 0.4) is 0 Å². The average molecular weight is 546 g/mol. The van der Waals surface area contributed by atoms with E-state index in [9.17, 15) is 4.39 Å². The van der Waals surface area contributed by atoms with Crippen LogP contribution in [-0.2, 0) is 13.1 Å². The number of guanidine groups is 1. The molecule has 2 heterocycles. The first-order valence-electron chi connectivity index (χ1n) is 10.1. The maximum absolute atomic E-state index is 13.8. The van der Waals surface area contributed by atoms with E-state index in [2.05, 4.69) is 30.9 Å². The van der Waals surface area contributed by atoms with Crippen molar-refractivity contribution in [2.24, 2.45) is 10.9 Å². The molecule has 30 heavy (non-hydrogen) atoms. The summed E-state index contributed by atoms with van der Waals surface area (Å²) in [4.78, 5) is 13.3. The third-order valence-corrected chi connectivity index (χ3v) is 6.26. The molecule has 9 heteroatoms. The highest BCUT2D eigenvalue weighted by molar-refractivity contribution is 14.0. The van der Waals surface area contributed by atoms with E-state index in [1.165, 1.54) is 6.07 Å². The van der Waals surface area contributed by atoms with Crippen LogP contribution in [0.1, 0.15) is 24.1 Å². The van der Waals surface area contributed by atoms with Gasteiger partial charge in [-0.1, -0.05) is 18.2 Å². The number of piperidine rings is 1. The monoisotopic (exact) mass is 546 g/mol. The van der Waals surface area contributed by atoms with Crippen molar-refractivity contribution in [1.29, 1.82) is 0 Å². The molecule has 1 saturated heterocycles. The molecule has 1 aliphatic rings. The van der Waals surface area contributed by atoms with Crippen molar-refractivity contribution in [1.82, 2.24) is 20.5 Å². The zero-order valence-electron chi connectivity index (χ0n) is 17.9. The predicted octanol–water partition coefficient (Wildman–Crippen LogP) is 3.54. The number of thiazole rings is 1. The van der Waals surface area contributed by atoms with E-state index < -0.39 is 0 Å². The fraction of sp³-hybridized carbons (Fsp3) is 0.524. The van der Waals surface area contributed by atoms with Crippen LogP contribution in [0.5, 0.6) is 0 Å². The number of nitrogens with zero attached hydrogens (tertiary/aromatic N) is 4. The Morgan fingerprint density at radius 2 is 2.00 bits per heavy atom. The van der Waals surface area contributed by atoms with Gasteiger partial charge in [0.1, 0.15) is 5.82 Å². The minimum atomic E-state index is -0.107.